The fraction of sp³-hybridized carbons (Fsp3) is 0.438. The number of hydrogen-bond acceptors (Lipinski definition) is 3. The van der Waals surface area contributed by atoms with Gasteiger partial charge in [0.25, 0.3) is 11.5 Å². The van der Waals surface area contributed by atoms with E-state index in [2.05, 4.69) is 17.1 Å². The molecule has 0 radical (unpaired) electrons. The van der Waals surface area contributed by atoms with Crippen LogP contribution in [0.1, 0.15) is 36.7 Å². The van der Waals surface area contributed by atoms with Crippen LogP contribution >= 0.6 is 0 Å². The van der Waals surface area contributed by atoms with E-state index in [0.29, 0.717) is 22.4 Å². The Bertz CT molecular complexity index is 719. The maximum atomic E-state index is 12.8. The summed E-state index contributed by atoms with van der Waals surface area (Å²) in [5.74, 6) is 0.547. The predicted octanol–water partition coefficient (Wildman–Crippen LogP) is 2.19. The van der Waals surface area contributed by atoms with Gasteiger partial charge in [0, 0.05) is 18.5 Å². The molecule has 110 valence electrons. The molecule has 0 atom stereocenters. The standard InChI is InChI=1S/C16H19N3O2/c1-2-9-19(10-11-7-8-11)16(21)14-12-5-3-4-6-13(12)15(20)18-17-14/h3-6,11H,2,7-10H2,1H3,(H,18,20). The number of H-pyrrole nitrogens is 1. The maximum absolute atomic E-state index is 12.8. The Labute approximate surface area is 123 Å². The van der Waals surface area contributed by atoms with Gasteiger partial charge < -0.3 is 4.90 Å². The summed E-state index contributed by atoms with van der Waals surface area (Å²) < 4.78 is 0. The Hall–Kier alpha value is -2.17. The third-order valence-corrected chi connectivity index (χ3v) is 3.85. The van der Waals surface area contributed by atoms with Crippen molar-refractivity contribution in [3.8, 4) is 0 Å². The van der Waals surface area contributed by atoms with Gasteiger partial charge in [-0.2, -0.15) is 5.10 Å². The maximum Gasteiger partial charge on any atom is 0.274 e. The van der Waals surface area contributed by atoms with Crippen molar-refractivity contribution in [3.63, 3.8) is 0 Å². The lowest BCUT2D eigenvalue weighted by atomic mass is 10.1. The van der Waals surface area contributed by atoms with Crippen LogP contribution in [0.15, 0.2) is 29.1 Å². The first-order valence-corrected chi connectivity index (χ1v) is 7.47. The second kappa shape index (κ2) is 5.68. The zero-order valence-electron chi connectivity index (χ0n) is 12.1. The number of hydrogen-bond donors (Lipinski definition) is 1. The summed E-state index contributed by atoms with van der Waals surface area (Å²) >= 11 is 0. The zero-order chi connectivity index (χ0) is 14.8. The largest absolute Gasteiger partial charge is 0.337 e. The predicted molar refractivity (Wildman–Crippen MR) is 81.3 cm³/mol. The molecule has 3 rings (SSSR count). The number of fused-ring (bicyclic) bond motifs is 1. The van der Waals surface area contributed by atoms with Gasteiger partial charge in [0.15, 0.2) is 5.69 Å². The third-order valence-electron chi connectivity index (χ3n) is 3.85. The van der Waals surface area contributed by atoms with Crippen molar-refractivity contribution in [2.24, 2.45) is 5.92 Å². The highest BCUT2D eigenvalue weighted by atomic mass is 16.2. The fourth-order valence-electron chi connectivity index (χ4n) is 2.59. The van der Waals surface area contributed by atoms with Gasteiger partial charge in [-0.15, -0.1) is 0 Å². The molecule has 1 heterocycles. The van der Waals surface area contributed by atoms with Crippen LogP contribution in [-0.4, -0.2) is 34.1 Å². The first kappa shape index (κ1) is 13.8. The quantitative estimate of drug-likeness (QED) is 0.915. The van der Waals surface area contributed by atoms with Crippen LogP contribution in [0.4, 0.5) is 0 Å². The monoisotopic (exact) mass is 285 g/mol. The van der Waals surface area contributed by atoms with Crippen LogP contribution in [0, 0.1) is 5.92 Å². The van der Waals surface area contributed by atoms with E-state index in [4.69, 9.17) is 0 Å². The molecule has 5 nitrogen and oxygen atoms in total. The van der Waals surface area contributed by atoms with Gasteiger partial charge >= 0.3 is 0 Å². The summed E-state index contributed by atoms with van der Waals surface area (Å²) in [5.41, 5.74) is 0.0886. The van der Waals surface area contributed by atoms with Crippen molar-refractivity contribution in [1.29, 1.82) is 0 Å². The highest BCUT2D eigenvalue weighted by molar-refractivity contribution is 6.04. The van der Waals surface area contributed by atoms with E-state index >= 15 is 0 Å². The van der Waals surface area contributed by atoms with Crippen LogP contribution in [-0.2, 0) is 0 Å². The highest BCUT2D eigenvalue weighted by Crippen LogP contribution is 2.30. The molecule has 1 saturated carbocycles. The number of aromatic nitrogens is 2. The van der Waals surface area contributed by atoms with Gasteiger partial charge in [0.2, 0.25) is 0 Å². The first-order chi connectivity index (χ1) is 10.2. The minimum atomic E-state index is -0.258. The molecule has 2 aromatic rings. The summed E-state index contributed by atoms with van der Waals surface area (Å²) in [6, 6.07) is 7.12. The number of amides is 1. The smallest absolute Gasteiger partial charge is 0.274 e. The van der Waals surface area contributed by atoms with Gasteiger partial charge in [0.05, 0.1) is 5.39 Å². The molecule has 0 aliphatic heterocycles. The van der Waals surface area contributed by atoms with E-state index in [9.17, 15) is 9.59 Å². The lowest BCUT2D eigenvalue weighted by Crippen LogP contribution is -2.35. The minimum Gasteiger partial charge on any atom is -0.337 e. The number of nitrogens with one attached hydrogen (secondary N) is 1. The number of aromatic amines is 1. The molecule has 0 unspecified atom stereocenters. The van der Waals surface area contributed by atoms with E-state index in [0.717, 1.165) is 19.5 Å². The molecule has 0 spiro atoms. The lowest BCUT2D eigenvalue weighted by molar-refractivity contribution is 0.0743. The highest BCUT2D eigenvalue weighted by Gasteiger charge is 2.28. The van der Waals surface area contributed by atoms with E-state index in [1.54, 1.807) is 18.2 Å². The number of carbonyl (C=O) groups is 1. The average Bonchev–Trinajstić information content (AvgIpc) is 3.31. The molecule has 1 amide bonds. The van der Waals surface area contributed by atoms with Gasteiger partial charge in [0.1, 0.15) is 0 Å². The molecule has 1 aliphatic carbocycles. The Balaban J connectivity index is 1.99. The fourth-order valence-corrected chi connectivity index (χ4v) is 2.59. The number of nitrogens with zero attached hydrogens (tertiary/aromatic N) is 2. The van der Waals surface area contributed by atoms with Gasteiger partial charge in [-0.1, -0.05) is 25.1 Å². The summed E-state index contributed by atoms with van der Waals surface area (Å²) in [7, 11) is 0. The van der Waals surface area contributed by atoms with Crippen molar-refractivity contribution in [1.82, 2.24) is 15.1 Å². The van der Waals surface area contributed by atoms with Gasteiger partial charge in [-0.3, -0.25) is 9.59 Å². The van der Waals surface area contributed by atoms with Gasteiger partial charge in [-0.05, 0) is 31.2 Å². The van der Waals surface area contributed by atoms with Crippen LogP contribution in [0.3, 0.4) is 0 Å². The van der Waals surface area contributed by atoms with Crippen LogP contribution in [0.25, 0.3) is 10.8 Å². The molecule has 0 bridgehead atoms. The lowest BCUT2D eigenvalue weighted by Gasteiger charge is -2.22. The van der Waals surface area contributed by atoms with Crippen molar-refractivity contribution in [3.05, 3.63) is 40.3 Å². The normalized spacial score (nSPS) is 14.3. The number of benzene rings is 1. The molecule has 1 aromatic carbocycles. The van der Waals surface area contributed by atoms with Gasteiger partial charge in [-0.25, -0.2) is 5.10 Å². The second-order valence-corrected chi connectivity index (χ2v) is 5.64. The Morgan fingerprint density at radius 2 is 2.05 bits per heavy atom. The van der Waals surface area contributed by atoms with Crippen molar-refractivity contribution < 1.29 is 4.79 Å². The third kappa shape index (κ3) is 2.82. The van der Waals surface area contributed by atoms with E-state index in [1.165, 1.54) is 12.8 Å². The minimum absolute atomic E-state index is 0.0869. The molecular formula is C16H19N3O2. The summed E-state index contributed by atoms with van der Waals surface area (Å²) in [5, 5.41) is 7.59. The van der Waals surface area contributed by atoms with Crippen LogP contribution in [0.2, 0.25) is 0 Å². The molecule has 21 heavy (non-hydrogen) atoms. The van der Waals surface area contributed by atoms with Crippen molar-refractivity contribution >= 4 is 16.7 Å². The topological polar surface area (TPSA) is 66.1 Å². The summed E-state index contributed by atoms with van der Waals surface area (Å²) in [4.78, 5) is 26.4. The van der Waals surface area contributed by atoms with Crippen LogP contribution < -0.4 is 5.56 Å². The van der Waals surface area contributed by atoms with E-state index in [1.807, 2.05) is 11.0 Å². The molecule has 1 N–H and O–H groups in total. The number of carbonyl (C=O) groups excluding carboxylic acids is 1. The molecule has 5 heteroatoms. The first-order valence-electron chi connectivity index (χ1n) is 7.47. The Morgan fingerprint density at radius 3 is 2.71 bits per heavy atom. The van der Waals surface area contributed by atoms with E-state index < -0.39 is 0 Å². The zero-order valence-corrected chi connectivity index (χ0v) is 12.1. The van der Waals surface area contributed by atoms with Crippen molar-refractivity contribution in [2.75, 3.05) is 13.1 Å². The SMILES string of the molecule is CCCN(CC1CC1)C(=O)c1n[nH]c(=O)c2ccccc12. The van der Waals surface area contributed by atoms with E-state index in [-0.39, 0.29) is 11.5 Å². The molecule has 0 saturated heterocycles. The molecule has 1 fully saturated rings. The van der Waals surface area contributed by atoms with Crippen LogP contribution in [0.5, 0.6) is 0 Å². The summed E-state index contributed by atoms with van der Waals surface area (Å²) in [6.07, 6.45) is 3.32. The summed E-state index contributed by atoms with van der Waals surface area (Å²) in [6.45, 7) is 3.58. The van der Waals surface area contributed by atoms with Crippen molar-refractivity contribution in [2.45, 2.75) is 26.2 Å². The molecular weight excluding hydrogens is 266 g/mol. The second-order valence-electron chi connectivity index (χ2n) is 5.64. The Morgan fingerprint density at radius 1 is 1.33 bits per heavy atom. The molecule has 1 aromatic heterocycles. The Kier molecular flexibility index (Phi) is 3.73. The number of rotatable bonds is 5. The average molecular weight is 285 g/mol. The molecule has 1 aliphatic rings.